The van der Waals surface area contributed by atoms with Crippen molar-refractivity contribution in [1.82, 2.24) is 4.90 Å². The molecule has 3 nitrogen and oxygen atoms in total. The summed E-state index contributed by atoms with van der Waals surface area (Å²) in [6.07, 6.45) is 3.23. The highest BCUT2D eigenvalue weighted by Gasteiger charge is 2.41. The fourth-order valence-electron chi connectivity index (χ4n) is 2.49. The number of nitrogens with zero attached hydrogens (tertiary/aromatic N) is 1. The SMILES string of the molecule is CC(=O)N1[C@@H]2CC[C@H]1CC(=O)C2. The minimum Gasteiger partial charge on any atom is -0.336 e. The highest BCUT2D eigenvalue weighted by molar-refractivity contribution is 5.84. The third-order valence-corrected chi connectivity index (χ3v) is 2.91. The lowest BCUT2D eigenvalue weighted by Gasteiger charge is -2.33. The molecule has 66 valence electrons. The Bertz CT molecular complexity index is 221. The molecule has 0 N–H and O–H groups in total. The number of Topliss-reactive ketones (excluding diaryl/α,β-unsaturated/α-hetero) is 1. The Hall–Kier alpha value is -0.860. The molecule has 2 fully saturated rings. The van der Waals surface area contributed by atoms with Crippen molar-refractivity contribution in [3.05, 3.63) is 0 Å². The molecule has 0 aromatic rings. The second-order valence-corrected chi connectivity index (χ2v) is 3.76. The first-order valence-corrected chi connectivity index (χ1v) is 4.49. The van der Waals surface area contributed by atoms with Crippen molar-refractivity contribution in [2.75, 3.05) is 0 Å². The average molecular weight is 167 g/mol. The Balaban J connectivity index is 2.19. The minimum absolute atomic E-state index is 0.134. The smallest absolute Gasteiger partial charge is 0.219 e. The molecule has 0 aliphatic carbocycles. The minimum atomic E-state index is 0.134. The number of hydrogen-bond acceptors (Lipinski definition) is 2. The van der Waals surface area contributed by atoms with Crippen molar-refractivity contribution in [1.29, 1.82) is 0 Å². The van der Waals surface area contributed by atoms with Gasteiger partial charge in [0, 0.05) is 31.8 Å². The summed E-state index contributed by atoms with van der Waals surface area (Å²) in [7, 11) is 0. The van der Waals surface area contributed by atoms with E-state index in [9.17, 15) is 9.59 Å². The van der Waals surface area contributed by atoms with Crippen molar-refractivity contribution in [3.8, 4) is 0 Å². The molecule has 0 radical (unpaired) electrons. The van der Waals surface area contributed by atoms with Crippen LogP contribution in [0.2, 0.25) is 0 Å². The maximum Gasteiger partial charge on any atom is 0.219 e. The molecule has 2 aliphatic heterocycles. The van der Waals surface area contributed by atoms with E-state index in [0.29, 0.717) is 18.6 Å². The largest absolute Gasteiger partial charge is 0.336 e. The normalized spacial score (nSPS) is 34.1. The number of hydrogen-bond donors (Lipinski definition) is 0. The molecule has 2 bridgehead atoms. The zero-order chi connectivity index (χ0) is 8.72. The van der Waals surface area contributed by atoms with Gasteiger partial charge in [-0.15, -0.1) is 0 Å². The van der Waals surface area contributed by atoms with Gasteiger partial charge in [0.2, 0.25) is 5.91 Å². The Morgan fingerprint density at radius 2 is 1.83 bits per heavy atom. The lowest BCUT2D eigenvalue weighted by atomic mass is 10.0. The predicted octanol–water partition coefficient (Wildman–Crippen LogP) is 0.729. The topological polar surface area (TPSA) is 37.4 Å². The van der Waals surface area contributed by atoms with Crippen LogP contribution in [0.4, 0.5) is 0 Å². The van der Waals surface area contributed by atoms with Gasteiger partial charge in [-0.05, 0) is 12.8 Å². The number of ketones is 1. The molecule has 3 heteroatoms. The van der Waals surface area contributed by atoms with Gasteiger partial charge in [0.1, 0.15) is 5.78 Å². The molecule has 12 heavy (non-hydrogen) atoms. The van der Waals surface area contributed by atoms with Crippen LogP contribution >= 0.6 is 0 Å². The summed E-state index contributed by atoms with van der Waals surface area (Å²) in [5, 5.41) is 0. The number of carbonyl (C=O) groups excluding carboxylic acids is 2. The number of amides is 1. The molecule has 0 saturated carbocycles. The number of fused-ring (bicyclic) bond motifs is 2. The van der Waals surface area contributed by atoms with E-state index in [0.717, 1.165) is 12.8 Å². The van der Waals surface area contributed by atoms with Crippen molar-refractivity contribution >= 4 is 11.7 Å². The summed E-state index contributed by atoms with van der Waals surface area (Å²) in [5.74, 6) is 0.468. The first-order chi connectivity index (χ1) is 5.68. The molecule has 2 atom stereocenters. The van der Waals surface area contributed by atoms with Crippen LogP contribution in [0, 0.1) is 0 Å². The van der Waals surface area contributed by atoms with Gasteiger partial charge in [0.05, 0.1) is 0 Å². The van der Waals surface area contributed by atoms with Gasteiger partial charge >= 0.3 is 0 Å². The standard InChI is InChI=1S/C9H13NO2/c1-6(11)10-7-2-3-8(10)5-9(12)4-7/h7-8H,2-5H2,1H3/t7-,8+. The van der Waals surface area contributed by atoms with Crippen LogP contribution in [0.25, 0.3) is 0 Å². The van der Waals surface area contributed by atoms with E-state index < -0.39 is 0 Å². The van der Waals surface area contributed by atoms with Crippen LogP contribution in [0.1, 0.15) is 32.6 Å². The molecule has 2 heterocycles. The zero-order valence-electron chi connectivity index (χ0n) is 7.25. The summed E-state index contributed by atoms with van der Waals surface area (Å²) in [4.78, 5) is 24.2. The highest BCUT2D eigenvalue weighted by Crippen LogP contribution is 2.33. The molecule has 0 spiro atoms. The summed E-state index contributed by atoms with van der Waals surface area (Å²) in [6.45, 7) is 1.60. The van der Waals surface area contributed by atoms with E-state index in [-0.39, 0.29) is 18.0 Å². The van der Waals surface area contributed by atoms with E-state index >= 15 is 0 Å². The van der Waals surface area contributed by atoms with Gasteiger partial charge in [0.15, 0.2) is 0 Å². The van der Waals surface area contributed by atoms with Crippen molar-refractivity contribution in [2.24, 2.45) is 0 Å². The molecular formula is C9H13NO2. The van der Waals surface area contributed by atoms with Crippen LogP contribution in [0.5, 0.6) is 0 Å². The quantitative estimate of drug-likeness (QED) is 0.533. The average Bonchev–Trinajstić information content (AvgIpc) is 2.24. The van der Waals surface area contributed by atoms with Crippen molar-refractivity contribution in [2.45, 2.75) is 44.7 Å². The van der Waals surface area contributed by atoms with E-state index in [1.165, 1.54) is 0 Å². The molecule has 1 amide bonds. The summed E-state index contributed by atoms with van der Waals surface area (Å²) in [6, 6.07) is 0.461. The lowest BCUT2D eigenvalue weighted by molar-refractivity contribution is -0.136. The first kappa shape index (κ1) is 7.77. The van der Waals surface area contributed by atoms with Gasteiger partial charge in [-0.2, -0.15) is 0 Å². The Morgan fingerprint density at radius 1 is 1.33 bits per heavy atom. The van der Waals surface area contributed by atoms with Gasteiger partial charge in [0.25, 0.3) is 0 Å². The monoisotopic (exact) mass is 167 g/mol. The predicted molar refractivity (Wildman–Crippen MR) is 43.6 cm³/mol. The van der Waals surface area contributed by atoms with Gasteiger partial charge in [-0.1, -0.05) is 0 Å². The summed E-state index contributed by atoms with van der Waals surface area (Å²) in [5.41, 5.74) is 0. The van der Waals surface area contributed by atoms with Gasteiger partial charge in [-0.25, -0.2) is 0 Å². The van der Waals surface area contributed by atoms with Crippen molar-refractivity contribution in [3.63, 3.8) is 0 Å². The van der Waals surface area contributed by atoms with Gasteiger partial charge in [-0.3, -0.25) is 9.59 Å². The van der Waals surface area contributed by atoms with E-state index in [1.54, 1.807) is 6.92 Å². The van der Waals surface area contributed by atoms with Crippen LogP contribution in [-0.2, 0) is 9.59 Å². The van der Waals surface area contributed by atoms with Gasteiger partial charge < -0.3 is 4.90 Å². The molecule has 2 aliphatic rings. The van der Waals surface area contributed by atoms with E-state index in [4.69, 9.17) is 0 Å². The number of rotatable bonds is 0. The van der Waals surface area contributed by atoms with Crippen molar-refractivity contribution < 1.29 is 9.59 Å². The lowest BCUT2D eigenvalue weighted by Crippen LogP contribution is -2.45. The second kappa shape index (κ2) is 2.57. The Labute approximate surface area is 71.7 Å². The van der Waals surface area contributed by atoms with Crippen LogP contribution < -0.4 is 0 Å². The first-order valence-electron chi connectivity index (χ1n) is 4.49. The van der Waals surface area contributed by atoms with E-state index in [1.807, 2.05) is 4.90 Å². The molecular weight excluding hydrogens is 154 g/mol. The zero-order valence-corrected chi connectivity index (χ0v) is 7.25. The second-order valence-electron chi connectivity index (χ2n) is 3.76. The maximum atomic E-state index is 11.2. The molecule has 0 aromatic heterocycles. The number of piperidine rings is 1. The third-order valence-electron chi connectivity index (χ3n) is 2.91. The maximum absolute atomic E-state index is 11.2. The summed E-state index contributed by atoms with van der Waals surface area (Å²) >= 11 is 0. The van der Waals surface area contributed by atoms with Crippen LogP contribution in [0.3, 0.4) is 0 Å². The summed E-state index contributed by atoms with van der Waals surface area (Å²) < 4.78 is 0. The highest BCUT2D eigenvalue weighted by atomic mass is 16.2. The number of carbonyl (C=O) groups is 2. The Morgan fingerprint density at radius 3 is 2.25 bits per heavy atom. The fraction of sp³-hybridized carbons (Fsp3) is 0.778. The Kier molecular flexibility index (Phi) is 1.67. The molecule has 2 rings (SSSR count). The third kappa shape index (κ3) is 1.04. The molecule has 2 saturated heterocycles. The molecule has 0 aromatic carbocycles. The van der Waals surface area contributed by atoms with E-state index in [2.05, 4.69) is 0 Å². The fourth-order valence-corrected chi connectivity index (χ4v) is 2.49. The van der Waals surface area contributed by atoms with Crippen LogP contribution in [0.15, 0.2) is 0 Å². The van der Waals surface area contributed by atoms with Crippen LogP contribution in [-0.4, -0.2) is 28.7 Å². The molecule has 0 unspecified atom stereocenters.